The Labute approximate surface area is 136 Å². The van der Waals surface area contributed by atoms with Crippen molar-refractivity contribution in [2.45, 2.75) is 13.3 Å². The molecule has 120 valence electrons. The van der Waals surface area contributed by atoms with Gasteiger partial charge in [0, 0.05) is 5.38 Å². The van der Waals surface area contributed by atoms with Crippen LogP contribution in [0.4, 0.5) is 5.13 Å². The second-order valence-electron chi connectivity index (χ2n) is 4.43. The van der Waals surface area contributed by atoms with E-state index in [2.05, 4.69) is 15.5 Å². The maximum Gasteiger partial charge on any atom is 0.335 e. The number of nitrogens with zero attached hydrogens (tertiary/aromatic N) is 2. The fourth-order valence-electron chi connectivity index (χ4n) is 1.71. The largest absolute Gasteiger partial charge is 0.478 e. The minimum Gasteiger partial charge on any atom is -0.478 e. The van der Waals surface area contributed by atoms with Gasteiger partial charge < -0.3 is 9.84 Å². The van der Waals surface area contributed by atoms with E-state index in [4.69, 9.17) is 9.84 Å². The molecule has 0 saturated carbocycles. The van der Waals surface area contributed by atoms with Gasteiger partial charge >= 0.3 is 11.9 Å². The van der Waals surface area contributed by atoms with E-state index in [0.29, 0.717) is 23.0 Å². The number of aromatic carboxylic acids is 1. The Morgan fingerprint density at radius 3 is 3.04 bits per heavy atom. The minimum atomic E-state index is -0.989. The van der Waals surface area contributed by atoms with Crippen molar-refractivity contribution in [3.05, 3.63) is 46.5 Å². The number of carbonyl (C=O) groups excluding carboxylic acids is 1. The quantitative estimate of drug-likeness (QED) is 0.458. The molecule has 1 aromatic carbocycles. The van der Waals surface area contributed by atoms with Gasteiger partial charge in [-0.25, -0.2) is 9.78 Å². The summed E-state index contributed by atoms with van der Waals surface area (Å²) in [5, 5.41) is 15.2. The number of anilines is 1. The van der Waals surface area contributed by atoms with E-state index in [9.17, 15) is 9.59 Å². The van der Waals surface area contributed by atoms with Crippen LogP contribution in [0, 0.1) is 0 Å². The predicted molar refractivity (Wildman–Crippen MR) is 87.1 cm³/mol. The molecule has 0 unspecified atom stereocenters. The first-order valence-corrected chi connectivity index (χ1v) is 7.69. The lowest BCUT2D eigenvalue weighted by atomic mass is 10.1. The SMILES string of the molecule is CCOC(=O)Cc1csc(NN=Cc2cccc(C(=O)O)c2)n1. The molecular formula is C15H15N3O4S. The van der Waals surface area contributed by atoms with Crippen molar-refractivity contribution in [3.8, 4) is 0 Å². The van der Waals surface area contributed by atoms with Gasteiger partial charge in [0.05, 0.1) is 30.5 Å². The maximum absolute atomic E-state index is 11.4. The first-order valence-electron chi connectivity index (χ1n) is 6.81. The zero-order chi connectivity index (χ0) is 16.7. The van der Waals surface area contributed by atoms with Crippen molar-refractivity contribution in [2.24, 2.45) is 5.10 Å². The van der Waals surface area contributed by atoms with Crippen LogP contribution < -0.4 is 5.43 Å². The van der Waals surface area contributed by atoms with Crippen LogP contribution in [0.25, 0.3) is 0 Å². The number of thiazole rings is 1. The first kappa shape index (κ1) is 16.6. The van der Waals surface area contributed by atoms with Crippen LogP contribution in [0.2, 0.25) is 0 Å². The van der Waals surface area contributed by atoms with E-state index in [-0.39, 0.29) is 18.0 Å². The lowest BCUT2D eigenvalue weighted by Crippen LogP contribution is -2.07. The second-order valence-corrected chi connectivity index (χ2v) is 5.28. The molecule has 0 aliphatic rings. The van der Waals surface area contributed by atoms with Gasteiger partial charge in [-0.05, 0) is 24.6 Å². The third-order valence-corrected chi connectivity index (χ3v) is 3.49. The van der Waals surface area contributed by atoms with Gasteiger partial charge in [-0.1, -0.05) is 12.1 Å². The van der Waals surface area contributed by atoms with Gasteiger partial charge in [0.25, 0.3) is 0 Å². The molecule has 0 fully saturated rings. The van der Waals surface area contributed by atoms with Crippen LogP contribution in [-0.4, -0.2) is 34.9 Å². The van der Waals surface area contributed by atoms with Crippen molar-refractivity contribution < 1.29 is 19.4 Å². The number of hydrogen-bond acceptors (Lipinski definition) is 7. The van der Waals surface area contributed by atoms with Gasteiger partial charge in [0.15, 0.2) is 0 Å². The summed E-state index contributed by atoms with van der Waals surface area (Å²) in [5.41, 5.74) is 4.20. The number of carboxylic acid groups (broad SMARTS) is 1. The van der Waals surface area contributed by atoms with E-state index in [1.807, 2.05) is 0 Å². The molecule has 0 aliphatic heterocycles. The molecular weight excluding hydrogens is 318 g/mol. The van der Waals surface area contributed by atoms with Crippen molar-refractivity contribution in [1.82, 2.24) is 4.98 Å². The number of esters is 1. The summed E-state index contributed by atoms with van der Waals surface area (Å²) in [6, 6.07) is 6.41. The molecule has 0 radical (unpaired) electrons. The molecule has 1 heterocycles. The number of hydrazone groups is 1. The summed E-state index contributed by atoms with van der Waals surface area (Å²) in [4.78, 5) is 26.4. The van der Waals surface area contributed by atoms with E-state index in [1.165, 1.54) is 29.7 Å². The summed E-state index contributed by atoms with van der Waals surface area (Å²) in [7, 11) is 0. The van der Waals surface area contributed by atoms with Crippen LogP contribution in [0.15, 0.2) is 34.7 Å². The highest BCUT2D eigenvalue weighted by Gasteiger charge is 2.08. The number of carbonyl (C=O) groups is 2. The highest BCUT2D eigenvalue weighted by atomic mass is 32.1. The maximum atomic E-state index is 11.4. The van der Waals surface area contributed by atoms with Crippen LogP contribution in [0.5, 0.6) is 0 Å². The highest BCUT2D eigenvalue weighted by Crippen LogP contribution is 2.16. The zero-order valence-corrected chi connectivity index (χ0v) is 13.2. The Hall–Kier alpha value is -2.74. The van der Waals surface area contributed by atoms with Gasteiger partial charge in [0.1, 0.15) is 0 Å². The van der Waals surface area contributed by atoms with Gasteiger partial charge in [0.2, 0.25) is 5.13 Å². The molecule has 2 rings (SSSR count). The zero-order valence-electron chi connectivity index (χ0n) is 12.4. The normalized spacial score (nSPS) is 10.7. The molecule has 2 aromatic rings. The van der Waals surface area contributed by atoms with Crippen LogP contribution in [0.3, 0.4) is 0 Å². The number of ether oxygens (including phenoxy) is 1. The molecule has 0 atom stereocenters. The standard InChI is InChI=1S/C15H15N3O4S/c1-2-22-13(19)7-12-9-23-15(17-12)18-16-8-10-4-3-5-11(6-10)14(20)21/h3-6,8-9H,2,7H2,1H3,(H,17,18)(H,20,21). The Balaban J connectivity index is 1.93. The average molecular weight is 333 g/mol. The van der Waals surface area contributed by atoms with Crippen LogP contribution >= 0.6 is 11.3 Å². The van der Waals surface area contributed by atoms with Crippen LogP contribution in [-0.2, 0) is 16.0 Å². The summed E-state index contributed by atoms with van der Waals surface area (Å²) in [6.45, 7) is 2.09. The molecule has 8 heteroatoms. The smallest absolute Gasteiger partial charge is 0.335 e. The van der Waals surface area contributed by atoms with Gasteiger partial charge in [-0.2, -0.15) is 5.10 Å². The number of aromatic nitrogens is 1. The number of hydrogen-bond donors (Lipinski definition) is 2. The van der Waals surface area contributed by atoms with Crippen molar-refractivity contribution >= 4 is 34.6 Å². The third kappa shape index (κ3) is 5.19. The van der Waals surface area contributed by atoms with Gasteiger partial charge in [-0.3, -0.25) is 10.2 Å². The monoisotopic (exact) mass is 333 g/mol. The molecule has 7 nitrogen and oxygen atoms in total. The molecule has 2 N–H and O–H groups in total. The van der Waals surface area contributed by atoms with Crippen molar-refractivity contribution in [2.75, 3.05) is 12.0 Å². The van der Waals surface area contributed by atoms with Gasteiger partial charge in [-0.15, -0.1) is 11.3 Å². The molecule has 0 saturated heterocycles. The second kappa shape index (κ2) is 8.04. The Kier molecular flexibility index (Phi) is 5.81. The molecule has 0 aliphatic carbocycles. The summed E-state index contributed by atoms with van der Waals surface area (Å²) in [6.07, 6.45) is 1.62. The highest BCUT2D eigenvalue weighted by molar-refractivity contribution is 7.13. The topological polar surface area (TPSA) is 101 Å². The van der Waals surface area contributed by atoms with Crippen molar-refractivity contribution in [3.63, 3.8) is 0 Å². The summed E-state index contributed by atoms with van der Waals surface area (Å²) < 4.78 is 4.85. The third-order valence-electron chi connectivity index (χ3n) is 2.69. The molecule has 23 heavy (non-hydrogen) atoms. The Morgan fingerprint density at radius 2 is 2.30 bits per heavy atom. The minimum absolute atomic E-state index is 0.121. The number of rotatable bonds is 7. The summed E-state index contributed by atoms with van der Waals surface area (Å²) >= 11 is 1.31. The Bertz CT molecular complexity index is 727. The van der Waals surface area contributed by atoms with E-state index >= 15 is 0 Å². The van der Waals surface area contributed by atoms with E-state index in [0.717, 1.165) is 0 Å². The van der Waals surface area contributed by atoms with Crippen LogP contribution in [0.1, 0.15) is 28.5 Å². The number of nitrogens with one attached hydrogen (secondary N) is 1. The number of benzene rings is 1. The van der Waals surface area contributed by atoms with Crippen molar-refractivity contribution in [1.29, 1.82) is 0 Å². The lowest BCUT2D eigenvalue weighted by molar-refractivity contribution is -0.142. The average Bonchev–Trinajstić information content (AvgIpc) is 2.95. The molecule has 0 bridgehead atoms. The molecule has 1 aromatic heterocycles. The Morgan fingerprint density at radius 1 is 1.48 bits per heavy atom. The fraction of sp³-hybridized carbons (Fsp3) is 0.200. The molecule has 0 amide bonds. The number of carboxylic acids is 1. The lowest BCUT2D eigenvalue weighted by Gasteiger charge is -1.98. The fourth-order valence-corrected chi connectivity index (χ4v) is 2.37. The molecule has 0 spiro atoms. The summed E-state index contributed by atoms with van der Waals surface area (Å²) in [5.74, 6) is -1.31. The first-order chi connectivity index (χ1) is 11.1. The van der Waals surface area contributed by atoms with E-state index in [1.54, 1.807) is 24.4 Å². The van der Waals surface area contributed by atoms with E-state index < -0.39 is 5.97 Å². The predicted octanol–water partition coefficient (Wildman–Crippen LogP) is 2.39.